The van der Waals surface area contributed by atoms with Crippen LogP contribution in [0.15, 0.2) is 0 Å². The molecule has 0 radical (unpaired) electrons. The predicted molar refractivity (Wildman–Crippen MR) is 74.9 cm³/mol. The van der Waals surface area contributed by atoms with Gasteiger partial charge < -0.3 is 20.0 Å². The van der Waals surface area contributed by atoms with E-state index < -0.39 is 5.41 Å². The van der Waals surface area contributed by atoms with Crippen molar-refractivity contribution in [1.82, 2.24) is 9.80 Å². The second kappa shape index (κ2) is 6.57. The highest BCUT2D eigenvalue weighted by Gasteiger charge is 2.33. The summed E-state index contributed by atoms with van der Waals surface area (Å²) in [6.45, 7) is 6.03. The molecule has 0 aromatic heterocycles. The Kier molecular flexibility index (Phi) is 5.62. The standard InChI is InChI=1S/C14H28N2O3/c1-11-6-5-7-12(2)16(11)13(19)15(4)8-14(3,9-17)10-18/h11-12,17-18H,5-10H2,1-4H3/t11-,12+. The molecule has 5 heteroatoms. The van der Waals surface area contributed by atoms with E-state index in [9.17, 15) is 15.0 Å². The summed E-state index contributed by atoms with van der Waals surface area (Å²) in [7, 11) is 1.74. The second-order valence-corrected chi connectivity index (χ2v) is 6.30. The molecule has 1 heterocycles. The van der Waals surface area contributed by atoms with Crippen LogP contribution in [-0.4, -0.2) is 64.9 Å². The second-order valence-electron chi connectivity index (χ2n) is 6.30. The van der Waals surface area contributed by atoms with Crippen molar-refractivity contribution < 1.29 is 15.0 Å². The fraction of sp³-hybridized carbons (Fsp3) is 0.929. The molecule has 0 spiro atoms. The third-order valence-corrected chi connectivity index (χ3v) is 4.12. The molecule has 0 unspecified atom stereocenters. The number of likely N-dealkylation sites (tertiary alicyclic amines) is 1. The van der Waals surface area contributed by atoms with Crippen molar-refractivity contribution in [2.45, 2.75) is 52.1 Å². The van der Waals surface area contributed by atoms with Gasteiger partial charge in [0, 0.05) is 31.1 Å². The fourth-order valence-corrected chi connectivity index (χ4v) is 2.79. The molecule has 112 valence electrons. The molecule has 1 saturated heterocycles. The first kappa shape index (κ1) is 16.2. The average molecular weight is 272 g/mol. The molecule has 5 nitrogen and oxygen atoms in total. The summed E-state index contributed by atoms with van der Waals surface area (Å²) in [5.74, 6) is 0. The van der Waals surface area contributed by atoms with Gasteiger partial charge in [-0.3, -0.25) is 0 Å². The van der Waals surface area contributed by atoms with Gasteiger partial charge in [-0.1, -0.05) is 6.92 Å². The summed E-state index contributed by atoms with van der Waals surface area (Å²) in [4.78, 5) is 16.1. The molecule has 0 aromatic rings. The van der Waals surface area contributed by atoms with E-state index in [4.69, 9.17) is 0 Å². The van der Waals surface area contributed by atoms with Crippen LogP contribution in [-0.2, 0) is 0 Å². The van der Waals surface area contributed by atoms with Gasteiger partial charge in [0.1, 0.15) is 0 Å². The topological polar surface area (TPSA) is 64.0 Å². The number of carbonyl (C=O) groups is 1. The smallest absolute Gasteiger partial charge is 0.320 e. The molecule has 1 aliphatic rings. The van der Waals surface area contributed by atoms with Crippen molar-refractivity contribution in [3.8, 4) is 0 Å². The van der Waals surface area contributed by atoms with Crippen LogP contribution in [0.25, 0.3) is 0 Å². The molecule has 0 aromatic carbocycles. The zero-order chi connectivity index (χ0) is 14.6. The van der Waals surface area contributed by atoms with Crippen LogP contribution in [0, 0.1) is 5.41 Å². The highest BCUT2D eigenvalue weighted by Crippen LogP contribution is 2.25. The van der Waals surface area contributed by atoms with Gasteiger partial charge in [0.2, 0.25) is 0 Å². The summed E-state index contributed by atoms with van der Waals surface area (Å²) >= 11 is 0. The molecule has 19 heavy (non-hydrogen) atoms. The molecule has 2 atom stereocenters. The lowest BCUT2D eigenvalue weighted by Crippen LogP contribution is -2.54. The van der Waals surface area contributed by atoms with Crippen LogP contribution in [0.2, 0.25) is 0 Å². The first-order valence-corrected chi connectivity index (χ1v) is 7.10. The van der Waals surface area contributed by atoms with Gasteiger partial charge in [0.05, 0.1) is 13.2 Å². The number of carbonyl (C=O) groups excluding carboxylic acids is 1. The number of urea groups is 1. The Labute approximate surface area is 116 Å². The minimum atomic E-state index is -0.646. The monoisotopic (exact) mass is 272 g/mol. The maximum atomic E-state index is 12.5. The van der Waals surface area contributed by atoms with Crippen LogP contribution in [0.3, 0.4) is 0 Å². The average Bonchev–Trinajstić information content (AvgIpc) is 2.38. The van der Waals surface area contributed by atoms with Crippen molar-refractivity contribution in [3.63, 3.8) is 0 Å². The number of aliphatic hydroxyl groups is 2. The lowest BCUT2D eigenvalue weighted by Gasteiger charge is -2.42. The molecule has 1 rings (SSSR count). The van der Waals surface area contributed by atoms with Crippen LogP contribution >= 0.6 is 0 Å². The summed E-state index contributed by atoms with van der Waals surface area (Å²) in [6.07, 6.45) is 3.25. The van der Waals surface area contributed by atoms with E-state index in [1.165, 1.54) is 6.42 Å². The summed E-state index contributed by atoms with van der Waals surface area (Å²) < 4.78 is 0. The molecule has 1 fully saturated rings. The van der Waals surface area contributed by atoms with E-state index in [1.54, 1.807) is 18.9 Å². The molecule has 2 amide bonds. The Hall–Kier alpha value is -0.810. The lowest BCUT2D eigenvalue weighted by molar-refractivity contribution is 0.0365. The minimum Gasteiger partial charge on any atom is -0.396 e. The fourth-order valence-electron chi connectivity index (χ4n) is 2.79. The van der Waals surface area contributed by atoms with E-state index in [-0.39, 0.29) is 31.3 Å². The molecule has 1 aliphatic heterocycles. The third-order valence-electron chi connectivity index (χ3n) is 4.12. The minimum absolute atomic E-state index is 0.00664. The molecule has 2 N–H and O–H groups in total. The van der Waals surface area contributed by atoms with E-state index in [0.717, 1.165) is 12.8 Å². The number of amides is 2. The maximum Gasteiger partial charge on any atom is 0.320 e. The SMILES string of the molecule is C[C@@H]1CCC[C@H](C)N1C(=O)N(C)CC(C)(CO)CO. The Morgan fingerprint density at radius 2 is 1.74 bits per heavy atom. The van der Waals surface area contributed by atoms with Gasteiger partial charge in [0.15, 0.2) is 0 Å². The van der Waals surface area contributed by atoms with Crippen molar-refractivity contribution in [2.24, 2.45) is 5.41 Å². The zero-order valence-electron chi connectivity index (χ0n) is 12.6. The van der Waals surface area contributed by atoms with Crippen LogP contribution in [0.1, 0.15) is 40.0 Å². The van der Waals surface area contributed by atoms with Gasteiger partial charge in [0.25, 0.3) is 0 Å². The maximum absolute atomic E-state index is 12.5. The van der Waals surface area contributed by atoms with Crippen molar-refractivity contribution in [3.05, 3.63) is 0 Å². The normalized spacial score (nSPS) is 24.4. The summed E-state index contributed by atoms with van der Waals surface area (Å²) in [5, 5.41) is 18.6. The number of aliphatic hydroxyl groups excluding tert-OH is 2. The summed E-state index contributed by atoms with van der Waals surface area (Å²) in [5.41, 5.74) is -0.646. The Bertz CT molecular complexity index is 295. The highest BCUT2D eigenvalue weighted by molar-refractivity contribution is 5.75. The van der Waals surface area contributed by atoms with E-state index in [1.807, 2.05) is 4.90 Å². The van der Waals surface area contributed by atoms with Gasteiger partial charge >= 0.3 is 6.03 Å². The first-order valence-electron chi connectivity index (χ1n) is 7.10. The van der Waals surface area contributed by atoms with Gasteiger partial charge in [-0.2, -0.15) is 0 Å². The molecule has 0 saturated carbocycles. The van der Waals surface area contributed by atoms with Crippen LogP contribution in [0.5, 0.6) is 0 Å². The molecule has 0 aliphatic carbocycles. The number of nitrogens with zero attached hydrogens (tertiary/aromatic N) is 2. The molecule has 0 bridgehead atoms. The molecular weight excluding hydrogens is 244 g/mol. The number of rotatable bonds is 4. The van der Waals surface area contributed by atoms with Crippen molar-refractivity contribution >= 4 is 6.03 Å². The first-order chi connectivity index (χ1) is 8.84. The van der Waals surface area contributed by atoms with Crippen molar-refractivity contribution in [1.29, 1.82) is 0 Å². The van der Waals surface area contributed by atoms with Gasteiger partial charge in [-0.15, -0.1) is 0 Å². The van der Waals surface area contributed by atoms with Crippen LogP contribution in [0.4, 0.5) is 4.79 Å². The van der Waals surface area contributed by atoms with Gasteiger partial charge in [-0.25, -0.2) is 4.79 Å². The van der Waals surface area contributed by atoms with E-state index in [2.05, 4.69) is 13.8 Å². The van der Waals surface area contributed by atoms with E-state index >= 15 is 0 Å². The van der Waals surface area contributed by atoms with Crippen LogP contribution < -0.4 is 0 Å². The van der Waals surface area contributed by atoms with E-state index in [0.29, 0.717) is 6.54 Å². The Balaban J connectivity index is 2.70. The zero-order valence-corrected chi connectivity index (χ0v) is 12.6. The number of hydrogen-bond donors (Lipinski definition) is 2. The Morgan fingerprint density at radius 1 is 1.26 bits per heavy atom. The summed E-state index contributed by atoms with van der Waals surface area (Å²) in [6, 6.07) is 0.509. The lowest BCUT2D eigenvalue weighted by atomic mass is 9.92. The molecular formula is C14H28N2O3. The predicted octanol–water partition coefficient (Wildman–Crippen LogP) is 1.29. The largest absolute Gasteiger partial charge is 0.396 e. The highest BCUT2D eigenvalue weighted by atomic mass is 16.3. The van der Waals surface area contributed by atoms with Gasteiger partial charge in [-0.05, 0) is 33.1 Å². The number of piperidine rings is 1. The third kappa shape index (κ3) is 3.83. The van der Waals surface area contributed by atoms with Crippen molar-refractivity contribution in [2.75, 3.05) is 26.8 Å². The quantitative estimate of drug-likeness (QED) is 0.810. The number of hydrogen-bond acceptors (Lipinski definition) is 3. The Morgan fingerprint density at radius 3 is 2.16 bits per heavy atom.